The van der Waals surface area contributed by atoms with Crippen molar-refractivity contribution in [3.05, 3.63) is 24.3 Å². The molecule has 86 valence electrons. The third-order valence-electron chi connectivity index (χ3n) is 2.50. The molecule has 0 aromatic heterocycles. The molecule has 2 atom stereocenters. The molecule has 1 aromatic rings. The van der Waals surface area contributed by atoms with Gasteiger partial charge in [-0.15, -0.1) is 0 Å². The first-order valence-corrected chi connectivity index (χ1v) is 11.7. The predicted octanol–water partition coefficient (Wildman–Crippen LogP) is 1.41. The van der Waals surface area contributed by atoms with Crippen LogP contribution in [0, 0.1) is 0 Å². The van der Waals surface area contributed by atoms with Crippen LogP contribution in [0.25, 0.3) is 0 Å². The molecule has 2 aliphatic rings. The first kappa shape index (κ1) is 12.0. The fraction of sp³-hybridized carbons (Fsp3) is 0.500. The third kappa shape index (κ3) is 4.01. The van der Waals surface area contributed by atoms with Gasteiger partial charge < -0.3 is 0 Å². The quantitative estimate of drug-likeness (QED) is 0.541. The van der Waals surface area contributed by atoms with Gasteiger partial charge in [0.1, 0.15) is 0 Å². The van der Waals surface area contributed by atoms with Gasteiger partial charge in [-0.05, 0) is 0 Å². The molecule has 0 radical (unpaired) electrons. The summed E-state index contributed by atoms with van der Waals surface area (Å²) in [6.45, 7) is 0. The third-order valence-corrected chi connectivity index (χ3v) is 10.3. The molecule has 2 aliphatic heterocycles. The summed E-state index contributed by atoms with van der Waals surface area (Å²) in [5, 5.41) is 4.91. The van der Waals surface area contributed by atoms with Crippen molar-refractivity contribution in [1.29, 1.82) is 0 Å². The molecule has 0 nitrogen and oxygen atoms in total. The zero-order valence-electron chi connectivity index (χ0n) is 8.93. The zero-order valence-corrected chi connectivity index (χ0v) is 14.0. The molecular weight excluding hydrogens is 366 g/mol. The topological polar surface area (TPSA) is 0 Å². The normalized spacial score (nSPS) is 26.8. The van der Waals surface area contributed by atoms with Gasteiger partial charge >= 0.3 is 119 Å². The first-order chi connectivity index (χ1) is 7.90. The van der Waals surface area contributed by atoms with E-state index in [9.17, 15) is 0 Å². The van der Waals surface area contributed by atoms with Crippen molar-refractivity contribution in [2.45, 2.75) is 21.1 Å². The van der Waals surface area contributed by atoms with Crippen LogP contribution >= 0.6 is 23.5 Å². The van der Waals surface area contributed by atoms with Crippen LogP contribution < -0.4 is 8.92 Å². The number of benzene rings is 1. The maximum atomic E-state index is 2.38. The maximum absolute atomic E-state index is 2.38. The van der Waals surface area contributed by atoms with E-state index in [0.29, 0.717) is 0 Å². The summed E-state index contributed by atoms with van der Waals surface area (Å²) in [4.78, 5) is 0. The Morgan fingerprint density at radius 1 is 0.875 bits per heavy atom. The van der Waals surface area contributed by atoms with Crippen LogP contribution in [0.3, 0.4) is 0 Å². The average Bonchev–Trinajstić information content (AvgIpc) is 3.17. The molecular formula is C12H14S2Se2. The van der Waals surface area contributed by atoms with E-state index in [1.807, 2.05) is 0 Å². The molecule has 2 saturated heterocycles. The van der Waals surface area contributed by atoms with Crippen molar-refractivity contribution in [1.82, 2.24) is 0 Å². The summed E-state index contributed by atoms with van der Waals surface area (Å²) in [6, 6.07) is 9.52. The Balaban J connectivity index is 1.47. The number of hydrogen-bond donors (Lipinski definition) is 0. The summed E-state index contributed by atoms with van der Waals surface area (Å²) in [6.07, 6.45) is 0. The second-order valence-corrected chi connectivity index (χ2v) is 11.3. The zero-order chi connectivity index (χ0) is 10.8. The van der Waals surface area contributed by atoms with Gasteiger partial charge in [-0.25, -0.2) is 0 Å². The molecule has 2 heterocycles. The molecule has 0 amide bonds. The molecule has 0 aliphatic carbocycles. The van der Waals surface area contributed by atoms with E-state index >= 15 is 0 Å². The Hall–Kier alpha value is 0.959. The molecule has 3 rings (SSSR count). The van der Waals surface area contributed by atoms with E-state index in [1.54, 1.807) is 8.92 Å². The molecule has 16 heavy (non-hydrogen) atoms. The molecule has 2 unspecified atom stereocenters. The van der Waals surface area contributed by atoms with E-state index < -0.39 is 0 Å². The average molecular weight is 380 g/mol. The molecule has 1 aromatic carbocycles. The Morgan fingerprint density at radius 3 is 1.56 bits per heavy atom. The number of rotatable bonds is 6. The van der Waals surface area contributed by atoms with Crippen LogP contribution in [0.2, 0.25) is 10.6 Å². The van der Waals surface area contributed by atoms with Gasteiger partial charge in [0.05, 0.1) is 0 Å². The van der Waals surface area contributed by atoms with Crippen molar-refractivity contribution in [2.24, 2.45) is 0 Å². The molecule has 0 spiro atoms. The fourth-order valence-electron chi connectivity index (χ4n) is 1.34. The molecule has 2 fully saturated rings. The molecule has 0 N–H and O–H groups in total. The van der Waals surface area contributed by atoms with Gasteiger partial charge in [0.25, 0.3) is 0 Å². The van der Waals surface area contributed by atoms with E-state index in [-0.39, 0.29) is 0 Å². The van der Waals surface area contributed by atoms with E-state index in [2.05, 4.69) is 47.8 Å². The monoisotopic (exact) mass is 382 g/mol. The van der Waals surface area contributed by atoms with Crippen molar-refractivity contribution >= 4 is 62.4 Å². The molecule has 4 heteroatoms. The predicted molar refractivity (Wildman–Crippen MR) is 79.3 cm³/mol. The van der Waals surface area contributed by atoms with Crippen molar-refractivity contribution in [3.8, 4) is 0 Å². The summed E-state index contributed by atoms with van der Waals surface area (Å²) >= 11 is 5.71. The summed E-state index contributed by atoms with van der Waals surface area (Å²) in [5.74, 6) is 2.84. The summed E-state index contributed by atoms with van der Waals surface area (Å²) < 4.78 is 3.20. The van der Waals surface area contributed by atoms with Gasteiger partial charge in [-0.3, -0.25) is 0 Å². The van der Waals surface area contributed by atoms with Crippen molar-refractivity contribution in [2.75, 3.05) is 11.5 Å². The van der Waals surface area contributed by atoms with Gasteiger partial charge in [0.2, 0.25) is 0 Å². The van der Waals surface area contributed by atoms with E-state index in [0.717, 1.165) is 40.4 Å². The fourth-order valence-corrected chi connectivity index (χ4v) is 8.09. The molecule has 0 bridgehead atoms. The van der Waals surface area contributed by atoms with E-state index in [4.69, 9.17) is 0 Å². The Bertz CT molecular complexity index is 310. The number of hydrogen-bond acceptors (Lipinski definition) is 2. The minimum atomic E-state index is 0.728. The SMILES string of the molecule is c1cc([Se]CC2CS2)ccc1[Se]CC1CS1. The van der Waals surface area contributed by atoms with Gasteiger partial charge in [-0.2, -0.15) is 0 Å². The Kier molecular flexibility index (Phi) is 4.31. The van der Waals surface area contributed by atoms with Gasteiger partial charge in [0.15, 0.2) is 0 Å². The standard InChI is InChI=1S/C12H14S2Se2/c1-2-12(16-8-10-6-14-10)4-3-11(1)15-7-9-5-13-9/h1-4,9-10H,5-8H2. The van der Waals surface area contributed by atoms with Gasteiger partial charge in [-0.1, -0.05) is 0 Å². The van der Waals surface area contributed by atoms with Crippen LogP contribution in [0.15, 0.2) is 24.3 Å². The number of thioether (sulfide) groups is 2. The van der Waals surface area contributed by atoms with Crippen LogP contribution in [0.1, 0.15) is 0 Å². The van der Waals surface area contributed by atoms with Crippen molar-refractivity contribution in [3.63, 3.8) is 0 Å². The van der Waals surface area contributed by atoms with Crippen LogP contribution in [-0.2, 0) is 0 Å². The first-order valence-electron chi connectivity index (χ1n) is 5.49. The van der Waals surface area contributed by atoms with Crippen LogP contribution in [-0.4, -0.2) is 51.9 Å². The second-order valence-electron chi connectivity index (χ2n) is 4.00. The van der Waals surface area contributed by atoms with Crippen molar-refractivity contribution < 1.29 is 0 Å². The van der Waals surface area contributed by atoms with Crippen LogP contribution in [0.5, 0.6) is 0 Å². The Morgan fingerprint density at radius 2 is 1.25 bits per heavy atom. The summed E-state index contributed by atoms with van der Waals surface area (Å²) in [7, 11) is 0. The summed E-state index contributed by atoms with van der Waals surface area (Å²) in [5.41, 5.74) is 0. The second kappa shape index (κ2) is 5.73. The molecule has 0 saturated carbocycles. The van der Waals surface area contributed by atoms with Crippen LogP contribution in [0.4, 0.5) is 0 Å². The minimum absolute atomic E-state index is 0.728. The van der Waals surface area contributed by atoms with E-state index in [1.165, 1.54) is 22.1 Å². The van der Waals surface area contributed by atoms with Gasteiger partial charge in [0, 0.05) is 0 Å². The Labute approximate surface area is 118 Å².